The van der Waals surface area contributed by atoms with Gasteiger partial charge in [0.15, 0.2) is 11.5 Å². The molecule has 0 saturated carbocycles. The van der Waals surface area contributed by atoms with Crippen LogP contribution in [0.5, 0.6) is 11.5 Å². The van der Waals surface area contributed by atoms with E-state index in [1.54, 1.807) is 6.07 Å². The van der Waals surface area contributed by atoms with Gasteiger partial charge in [-0.15, -0.1) is 5.06 Å². The predicted octanol–water partition coefficient (Wildman–Crippen LogP) is 1.73. The Hall–Kier alpha value is -2.57. The van der Waals surface area contributed by atoms with Crippen LogP contribution in [0.1, 0.15) is 38.7 Å². The number of rotatable bonds is 4. The molecule has 2 aliphatic heterocycles. The average Bonchev–Trinajstić information content (AvgIpc) is 2.96. The zero-order chi connectivity index (χ0) is 16.6. The third-order valence-electron chi connectivity index (χ3n) is 3.54. The van der Waals surface area contributed by atoms with E-state index in [-0.39, 0.29) is 19.3 Å². The highest BCUT2D eigenvalue weighted by Gasteiger charge is 2.33. The SMILES string of the molecule is CC1(C)Oc2ccc(CCC(=O)ON3C(=O)CCC3=O)cc2O1. The normalized spacial score (nSPS) is 18.4. The molecule has 0 aliphatic carbocycles. The van der Waals surface area contributed by atoms with Crippen LogP contribution in [0.4, 0.5) is 0 Å². The van der Waals surface area contributed by atoms with E-state index < -0.39 is 23.6 Å². The van der Waals surface area contributed by atoms with Gasteiger partial charge in [-0.3, -0.25) is 9.59 Å². The highest BCUT2D eigenvalue weighted by Crippen LogP contribution is 2.39. The van der Waals surface area contributed by atoms with Crippen LogP contribution in [0.15, 0.2) is 18.2 Å². The molecule has 3 rings (SSSR count). The third-order valence-corrected chi connectivity index (χ3v) is 3.54. The molecule has 0 aromatic heterocycles. The number of hydrogen-bond donors (Lipinski definition) is 0. The zero-order valence-corrected chi connectivity index (χ0v) is 13.0. The second-order valence-corrected chi connectivity index (χ2v) is 5.93. The molecule has 122 valence electrons. The van der Waals surface area contributed by atoms with Crippen molar-refractivity contribution in [2.75, 3.05) is 0 Å². The second-order valence-electron chi connectivity index (χ2n) is 5.93. The number of amides is 2. The summed E-state index contributed by atoms with van der Waals surface area (Å²) in [5.41, 5.74) is 0.876. The van der Waals surface area contributed by atoms with Gasteiger partial charge in [-0.1, -0.05) is 6.07 Å². The van der Waals surface area contributed by atoms with Gasteiger partial charge in [-0.2, -0.15) is 0 Å². The smallest absolute Gasteiger partial charge is 0.333 e. The van der Waals surface area contributed by atoms with Gasteiger partial charge in [0.25, 0.3) is 11.8 Å². The Morgan fingerprint density at radius 3 is 2.52 bits per heavy atom. The van der Waals surface area contributed by atoms with Gasteiger partial charge in [-0.25, -0.2) is 4.79 Å². The summed E-state index contributed by atoms with van der Waals surface area (Å²) in [5, 5.41) is 0.560. The quantitative estimate of drug-likeness (QED) is 0.786. The summed E-state index contributed by atoms with van der Waals surface area (Å²) in [6.07, 6.45) is 0.639. The summed E-state index contributed by atoms with van der Waals surface area (Å²) >= 11 is 0. The number of carbonyl (C=O) groups excluding carboxylic acids is 3. The first kappa shape index (κ1) is 15.3. The van der Waals surface area contributed by atoms with Crippen molar-refractivity contribution in [3.05, 3.63) is 23.8 Å². The Balaban J connectivity index is 1.56. The van der Waals surface area contributed by atoms with Crippen molar-refractivity contribution >= 4 is 17.8 Å². The van der Waals surface area contributed by atoms with Crippen LogP contribution in [0.2, 0.25) is 0 Å². The average molecular weight is 319 g/mol. The van der Waals surface area contributed by atoms with Crippen LogP contribution in [0.25, 0.3) is 0 Å². The van der Waals surface area contributed by atoms with Crippen molar-refractivity contribution in [3.63, 3.8) is 0 Å². The molecule has 1 saturated heterocycles. The molecule has 0 atom stereocenters. The molecule has 0 bridgehead atoms. The molecule has 2 aliphatic rings. The largest absolute Gasteiger partial charge is 0.449 e. The van der Waals surface area contributed by atoms with Gasteiger partial charge < -0.3 is 14.3 Å². The Kier molecular flexibility index (Phi) is 3.71. The summed E-state index contributed by atoms with van der Waals surface area (Å²) in [5.74, 6) is -0.981. The van der Waals surface area contributed by atoms with E-state index in [1.807, 2.05) is 26.0 Å². The van der Waals surface area contributed by atoms with E-state index in [1.165, 1.54) is 0 Å². The lowest BCUT2D eigenvalue weighted by Crippen LogP contribution is -2.32. The van der Waals surface area contributed by atoms with Crippen molar-refractivity contribution in [2.24, 2.45) is 0 Å². The molecular formula is C16H17NO6. The zero-order valence-electron chi connectivity index (χ0n) is 13.0. The number of benzene rings is 1. The van der Waals surface area contributed by atoms with E-state index in [0.717, 1.165) is 5.56 Å². The summed E-state index contributed by atoms with van der Waals surface area (Å²) in [7, 11) is 0. The van der Waals surface area contributed by atoms with E-state index in [4.69, 9.17) is 14.3 Å². The van der Waals surface area contributed by atoms with E-state index in [2.05, 4.69) is 0 Å². The lowest BCUT2D eigenvalue weighted by molar-refractivity contribution is -0.197. The predicted molar refractivity (Wildman–Crippen MR) is 77.3 cm³/mol. The molecule has 0 radical (unpaired) electrons. The Morgan fingerprint density at radius 1 is 1.17 bits per heavy atom. The van der Waals surface area contributed by atoms with Crippen LogP contribution in [-0.4, -0.2) is 28.6 Å². The lowest BCUT2D eigenvalue weighted by atomic mass is 10.1. The van der Waals surface area contributed by atoms with Crippen molar-refractivity contribution in [1.82, 2.24) is 5.06 Å². The Morgan fingerprint density at radius 2 is 1.83 bits per heavy atom. The summed E-state index contributed by atoms with van der Waals surface area (Å²) in [6.45, 7) is 3.63. The number of hydroxylamine groups is 2. The standard InChI is InChI=1S/C16H17NO6/c1-16(2)21-11-5-3-10(9-12(11)22-16)4-8-15(20)23-17-13(18)6-7-14(17)19/h3,5,9H,4,6-8H2,1-2H3. The van der Waals surface area contributed by atoms with E-state index in [0.29, 0.717) is 23.0 Å². The van der Waals surface area contributed by atoms with E-state index in [9.17, 15) is 14.4 Å². The first-order chi connectivity index (χ1) is 10.8. The van der Waals surface area contributed by atoms with Crippen molar-refractivity contribution in [1.29, 1.82) is 0 Å². The van der Waals surface area contributed by atoms with Crippen LogP contribution >= 0.6 is 0 Å². The van der Waals surface area contributed by atoms with Crippen molar-refractivity contribution in [3.8, 4) is 11.5 Å². The molecule has 1 fully saturated rings. The van der Waals surface area contributed by atoms with E-state index >= 15 is 0 Å². The minimum Gasteiger partial charge on any atom is -0.449 e. The molecular weight excluding hydrogens is 302 g/mol. The van der Waals surface area contributed by atoms with Gasteiger partial charge >= 0.3 is 5.97 Å². The summed E-state index contributed by atoms with van der Waals surface area (Å²) in [4.78, 5) is 39.4. The molecule has 1 aromatic rings. The molecule has 1 aromatic carbocycles. The number of ether oxygens (including phenoxy) is 2. The maximum absolute atomic E-state index is 11.8. The molecule has 7 nitrogen and oxygen atoms in total. The van der Waals surface area contributed by atoms with Crippen LogP contribution < -0.4 is 9.47 Å². The molecule has 2 heterocycles. The monoisotopic (exact) mass is 319 g/mol. The Bertz CT molecular complexity index is 665. The van der Waals surface area contributed by atoms with Crippen molar-refractivity contribution in [2.45, 2.75) is 45.3 Å². The molecule has 23 heavy (non-hydrogen) atoms. The van der Waals surface area contributed by atoms with Crippen LogP contribution in [0, 0.1) is 0 Å². The number of imide groups is 1. The number of fused-ring (bicyclic) bond motifs is 1. The lowest BCUT2D eigenvalue weighted by Gasteiger charge is -2.16. The molecule has 2 amide bonds. The fraction of sp³-hybridized carbons (Fsp3) is 0.438. The fourth-order valence-electron chi connectivity index (χ4n) is 2.47. The summed E-state index contributed by atoms with van der Waals surface area (Å²) in [6, 6.07) is 5.44. The van der Waals surface area contributed by atoms with Gasteiger partial charge in [0.2, 0.25) is 5.79 Å². The van der Waals surface area contributed by atoms with Crippen LogP contribution in [-0.2, 0) is 25.6 Å². The maximum atomic E-state index is 11.8. The topological polar surface area (TPSA) is 82.1 Å². The third kappa shape index (κ3) is 3.28. The van der Waals surface area contributed by atoms with Gasteiger partial charge in [0, 0.05) is 26.7 Å². The first-order valence-electron chi connectivity index (χ1n) is 7.42. The van der Waals surface area contributed by atoms with Crippen molar-refractivity contribution < 1.29 is 28.7 Å². The Labute approximate surface area is 133 Å². The summed E-state index contributed by atoms with van der Waals surface area (Å²) < 4.78 is 11.2. The first-order valence-corrected chi connectivity index (χ1v) is 7.42. The van der Waals surface area contributed by atoms with Gasteiger partial charge in [0.1, 0.15) is 0 Å². The molecule has 0 unspecified atom stereocenters. The minimum atomic E-state index is -0.698. The highest BCUT2D eigenvalue weighted by molar-refractivity contribution is 6.01. The molecule has 0 spiro atoms. The van der Waals surface area contributed by atoms with Gasteiger partial charge in [-0.05, 0) is 24.1 Å². The second kappa shape index (κ2) is 5.57. The molecule has 0 N–H and O–H groups in total. The number of carbonyl (C=O) groups is 3. The number of nitrogens with zero attached hydrogens (tertiary/aromatic N) is 1. The van der Waals surface area contributed by atoms with Crippen LogP contribution in [0.3, 0.4) is 0 Å². The maximum Gasteiger partial charge on any atom is 0.333 e. The highest BCUT2D eigenvalue weighted by atomic mass is 16.7. The van der Waals surface area contributed by atoms with Gasteiger partial charge in [0.05, 0.1) is 6.42 Å². The number of hydrogen-bond acceptors (Lipinski definition) is 6. The number of aryl methyl sites for hydroxylation is 1. The fourth-order valence-corrected chi connectivity index (χ4v) is 2.47. The minimum absolute atomic E-state index is 0.0557. The molecule has 7 heteroatoms.